The maximum absolute atomic E-state index is 8.99. The lowest BCUT2D eigenvalue weighted by molar-refractivity contribution is 0.413. The van der Waals surface area contributed by atoms with E-state index < -0.39 is 0 Å². The van der Waals surface area contributed by atoms with E-state index in [4.69, 9.17) is 21.6 Å². The molecular formula is C15H10ClN3O. The van der Waals surface area contributed by atoms with Crippen LogP contribution >= 0.6 is 11.6 Å². The van der Waals surface area contributed by atoms with Crippen molar-refractivity contribution in [1.29, 1.82) is 5.26 Å². The summed E-state index contributed by atoms with van der Waals surface area (Å²) in [6, 6.07) is 11.3. The van der Waals surface area contributed by atoms with Crippen molar-refractivity contribution in [2.75, 3.05) is 7.11 Å². The van der Waals surface area contributed by atoms with Crippen LogP contribution in [-0.2, 0) is 0 Å². The van der Waals surface area contributed by atoms with Crippen LogP contribution in [-0.4, -0.2) is 17.1 Å². The van der Waals surface area contributed by atoms with Crippen molar-refractivity contribution in [2.24, 2.45) is 0 Å². The van der Waals surface area contributed by atoms with Crippen LogP contribution in [0.15, 0.2) is 36.5 Å². The number of benzene rings is 1. The maximum Gasteiger partial charge on any atom is 0.137 e. The molecule has 1 N–H and O–H groups in total. The van der Waals surface area contributed by atoms with Crippen molar-refractivity contribution < 1.29 is 4.74 Å². The van der Waals surface area contributed by atoms with Gasteiger partial charge in [0.25, 0.3) is 0 Å². The summed E-state index contributed by atoms with van der Waals surface area (Å²) in [5.41, 5.74) is 4.05. The number of fused-ring (bicyclic) bond motifs is 1. The van der Waals surface area contributed by atoms with Gasteiger partial charge in [0, 0.05) is 17.5 Å². The summed E-state index contributed by atoms with van der Waals surface area (Å²) < 4.78 is 5.22. The number of nitrogens with one attached hydrogen (secondary N) is 1. The number of ether oxygens (including phenoxy) is 1. The Kier molecular flexibility index (Phi) is 3.05. The molecule has 0 bridgehead atoms. The van der Waals surface area contributed by atoms with Crippen LogP contribution in [0.4, 0.5) is 0 Å². The summed E-state index contributed by atoms with van der Waals surface area (Å²) in [5.74, 6) is 0.551. The van der Waals surface area contributed by atoms with Gasteiger partial charge in [0.15, 0.2) is 0 Å². The summed E-state index contributed by atoms with van der Waals surface area (Å²) in [5, 5.41) is 9.58. The first-order valence-electron chi connectivity index (χ1n) is 5.94. The highest BCUT2D eigenvalue weighted by molar-refractivity contribution is 6.31. The fraction of sp³-hybridized carbons (Fsp3) is 0.0667. The number of methoxy groups -OCH3 is 1. The predicted octanol–water partition coefficient (Wildman–Crippen LogP) is 3.76. The summed E-state index contributed by atoms with van der Waals surface area (Å²) in [6.07, 6.45) is 1.61. The minimum Gasteiger partial charge on any atom is -0.495 e. The summed E-state index contributed by atoms with van der Waals surface area (Å²) in [4.78, 5) is 7.51. The van der Waals surface area contributed by atoms with E-state index in [2.05, 4.69) is 16.0 Å². The van der Waals surface area contributed by atoms with Crippen molar-refractivity contribution in [3.8, 4) is 23.1 Å². The zero-order chi connectivity index (χ0) is 14.1. The molecule has 3 rings (SSSR count). The van der Waals surface area contributed by atoms with Gasteiger partial charge in [0.1, 0.15) is 11.8 Å². The largest absolute Gasteiger partial charge is 0.495 e. The first kappa shape index (κ1) is 12.5. The van der Waals surface area contributed by atoms with Gasteiger partial charge in [-0.1, -0.05) is 17.7 Å². The van der Waals surface area contributed by atoms with Crippen LogP contribution in [0.1, 0.15) is 5.56 Å². The molecule has 0 fully saturated rings. The maximum atomic E-state index is 8.99. The van der Waals surface area contributed by atoms with Gasteiger partial charge >= 0.3 is 0 Å². The van der Waals surface area contributed by atoms with Crippen molar-refractivity contribution in [1.82, 2.24) is 9.97 Å². The third-order valence-corrected chi connectivity index (χ3v) is 3.28. The standard InChI is InChI=1S/C15H10ClN3O/c1-20-15-4-9(2-3-10(15)7-17)12-6-13-14(19-12)5-11(16)8-18-13/h2-6,8,19H,1H3. The number of hydrogen-bond donors (Lipinski definition) is 1. The second-order valence-electron chi connectivity index (χ2n) is 4.30. The molecule has 0 atom stereocenters. The third-order valence-electron chi connectivity index (χ3n) is 3.07. The van der Waals surface area contributed by atoms with Crippen LogP contribution in [0.2, 0.25) is 5.02 Å². The first-order valence-corrected chi connectivity index (χ1v) is 6.32. The number of H-pyrrole nitrogens is 1. The molecule has 0 amide bonds. The van der Waals surface area contributed by atoms with E-state index in [-0.39, 0.29) is 0 Å². The average Bonchev–Trinajstić information content (AvgIpc) is 2.89. The highest BCUT2D eigenvalue weighted by atomic mass is 35.5. The minimum atomic E-state index is 0.508. The fourth-order valence-electron chi connectivity index (χ4n) is 2.09. The SMILES string of the molecule is COc1cc(-c2cc3ncc(Cl)cc3[nH]2)ccc1C#N. The predicted molar refractivity (Wildman–Crippen MR) is 77.8 cm³/mol. The highest BCUT2D eigenvalue weighted by Gasteiger charge is 2.08. The van der Waals surface area contributed by atoms with E-state index in [1.165, 1.54) is 0 Å². The van der Waals surface area contributed by atoms with E-state index in [1.54, 1.807) is 19.4 Å². The molecule has 0 aliphatic carbocycles. The summed E-state index contributed by atoms with van der Waals surface area (Å²) in [6.45, 7) is 0. The Bertz CT molecular complexity index is 833. The van der Waals surface area contributed by atoms with Gasteiger partial charge in [0.2, 0.25) is 0 Å². The molecule has 4 nitrogen and oxygen atoms in total. The Morgan fingerprint density at radius 2 is 2.15 bits per heavy atom. The lowest BCUT2D eigenvalue weighted by Gasteiger charge is -2.04. The number of halogens is 1. The Morgan fingerprint density at radius 3 is 2.90 bits per heavy atom. The number of pyridine rings is 1. The van der Waals surface area contributed by atoms with Gasteiger partial charge in [-0.05, 0) is 24.3 Å². The summed E-state index contributed by atoms with van der Waals surface area (Å²) in [7, 11) is 1.55. The molecule has 0 unspecified atom stereocenters. The van der Waals surface area contributed by atoms with Crippen molar-refractivity contribution in [3.05, 3.63) is 47.1 Å². The first-order chi connectivity index (χ1) is 9.71. The molecule has 0 saturated heterocycles. The molecule has 2 aromatic heterocycles. The van der Waals surface area contributed by atoms with Gasteiger partial charge in [-0.15, -0.1) is 0 Å². The van der Waals surface area contributed by atoms with Crippen LogP contribution in [0, 0.1) is 11.3 Å². The molecule has 0 radical (unpaired) electrons. The number of hydrogen-bond acceptors (Lipinski definition) is 3. The molecule has 5 heteroatoms. The van der Waals surface area contributed by atoms with Crippen molar-refractivity contribution in [3.63, 3.8) is 0 Å². The van der Waals surface area contributed by atoms with Crippen molar-refractivity contribution >= 4 is 22.6 Å². The average molecular weight is 284 g/mol. The molecule has 20 heavy (non-hydrogen) atoms. The van der Waals surface area contributed by atoms with E-state index in [0.29, 0.717) is 16.3 Å². The lowest BCUT2D eigenvalue weighted by Crippen LogP contribution is -1.88. The molecular weight excluding hydrogens is 274 g/mol. The molecule has 0 saturated carbocycles. The monoisotopic (exact) mass is 283 g/mol. The van der Waals surface area contributed by atoms with E-state index in [9.17, 15) is 0 Å². The molecule has 98 valence electrons. The Morgan fingerprint density at radius 1 is 1.30 bits per heavy atom. The van der Waals surface area contributed by atoms with Crippen molar-refractivity contribution in [2.45, 2.75) is 0 Å². The molecule has 1 aromatic carbocycles. The van der Waals surface area contributed by atoms with E-state index in [1.807, 2.05) is 24.3 Å². The minimum absolute atomic E-state index is 0.508. The molecule has 3 aromatic rings. The number of aromatic amines is 1. The summed E-state index contributed by atoms with van der Waals surface area (Å²) >= 11 is 5.92. The van der Waals surface area contributed by atoms with Crippen LogP contribution < -0.4 is 4.74 Å². The lowest BCUT2D eigenvalue weighted by atomic mass is 10.1. The molecule has 2 heterocycles. The topological polar surface area (TPSA) is 61.7 Å². The second kappa shape index (κ2) is 4.87. The number of nitrogens with zero attached hydrogens (tertiary/aromatic N) is 2. The highest BCUT2D eigenvalue weighted by Crippen LogP contribution is 2.29. The molecule has 0 aliphatic heterocycles. The zero-order valence-electron chi connectivity index (χ0n) is 10.6. The van der Waals surface area contributed by atoms with Gasteiger partial charge in [-0.2, -0.15) is 5.26 Å². The Labute approximate surface area is 120 Å². The Hall–Kier alpha value is -2.51. The van der Waals surface area contributed by atoms with Crippen LogP contribution in [0.3, 0.4) is 0 Å². The normalized spacial score (nSPS) is 10.4. The van der Waals surface area contributed by atoms with E-state index >= 15 is 0 Å². The van der Waals surface area contributed by atoms with Gasteiger partial charge in [0.05, 0.1) is 28.7 Å². The molecule has 0 spiro atoms. The number of nitriles is 1. The van der Waals surface area contributed by atoms with Gasteiger partial charge < -0.3 is 9.72 Å². The third kappa shape index (κ3) is 2.09. The number of rotatable bonds is 2. The second-order valence-corrected chi connectivity index (χ2v) is 4.73. The molecule has 0 aliphatic rings. The number of aromatic nitrogens is 2. The Balaban J connectivity index is 2.13. The van der Waals surface area contributed by atoms with Gasteiger partial charge in [-0.3, -0.25) is 4.98 Å². The van der Waals surface area contributed by atoms with Crippen LogP contribution in [0.25, 0.3) is 22.3 Å². The zero-order valence-corrected chi connectivity index (χ0v) is 11.4. The smallest absolute Gasteiger partial charge is 0.137 e. The quantitative estimate of drug-likeness (QED) is 0.779. The fourth-order valence-corrected chi connectivity index (χ4v) is 2.25. The van der Waals surface area contributed by atoms with Gasteiger partial charge in [-0.25, -0.2) is 0 Å². The van der Waals surface area contributed by atoms with E-state index in [0.717, 1.165) is 22.3 Å². The van der Waals surface area contributed by atoms with Crippen LogP contribution in [0.5, 0.6) is 5.75 Å².